The van der Waals surface area contributed by atoms with Gasteiger partial charge in [-0.05, 0) is 0 Å². The molecule has 0 nitrogen and oxygen atoms in total. The van der Waals surface area contributed by atoms with E-state index in [0.717, 1.165) is 0 Å². The summed E-state index contributed by atoms with van der Waals surface area (Å²) in [4.78, 5) is 0. The average molecular weight is 278 g/mol. The first-order valence-corrected chi connectivity index (χ1v) is 13.6. The molecule has 0 atom stereocenters. The molecule has 0 radical (unpaired) electrons. The van der Waals surface area contributed by atoms with Gasteiger partial charge >= 0.3 is 115 Å². The van der Waals surface area contributed by atoms with Gasteiger partial charge in [0.1, 0.15) is 0 Å². The minimum atomic E-state index is -1.09. The second kappa shape index (κ2) is 4.95. The van der Waals surface area contributed by atoms with Crippen molar-refractivity contribution < 1.29 is 0 Å². The summed E-state index contributed by atoms with van der Waals surface area (Å²) in [7, 11) is 3.14. The molecule has 0 bridgehead atoms. The molecule has 1 aromatic carbocycles. The molecular weight excluding hydrogens is 252 g/mol. The molecule has 0 amide bonds. The molecular formula is C14H26B2P2. The topological polar surface area (TPSA) is 0 Å². The van der Waals surface area contributed by atoms with Crippen LogP contribution in [0.5, 0.6) is 0 Å². The molecule has 3 rings (SSSR count). The van der Waals surface area contributed by atoms with Gasteiger partial charge in [-0.2, -0.15) is 0 Å². The summed E-state index contributed by atoms with van der Waals surface area (Å²) < 4.78 is 0. The van der Waals surface area contributed by atoms with Crippen LogP contribution in [0.15, 0.2) is 24.3 Å². The fraction of sp³-hybridized carbons (Fsp3) is 0.571. The van der Waals surface area contributed by atoms with Gasteiger partial charge in [-0.3, -0.25) is 0 Å². The summed E-state index contributed by atoms with van der Waals surface area (Å²) in [5, 5.41) is 3.75. The van der Waals surface area contributed by atoms with Crippen LogP contribution in [-0.2, 0) is 0 Å². The SMILES string of the molecule is B[PH]1(c2ccccc2[PH]2(B)CCCC2)CCCC1. The molecule has 4 heteroatoms. The Labute approximate surface area is 115 Å². The van der Waals surface area contributed by atoms with Gasteiger partial charge in [0.25, 0.3) is 0 Å². The van der Waals surface area contributed by atoms with Crippen molar-refractivity contribution in [3.63, 3.8) is 0 Å². The van der Waals surface area contributed by atoms with E-state index in [0.29, 0.717) is 0 Å². The molecule has 1 aromatic rings. The number of hydrogen-bond acceptors (Lipinski definition) is 0. The molecule has 2 fully saturated rings. The van der Waals surface area contributed by atoms with Gasteiger partial charge in [-0.25, -0.2) is 0 Å². The van der Waals surface area contributed by atoms with Crippen molar-refractivity contribution in [2.45, 2.75) is 25.7 Å². The molecule has 0 aromatic heterocycles. The summed E-state index contributed by atoms with van der Waals surface area (Å²) in [6.45, 7) is 0. The van der Waals surface area contributed by atoms with Crippen LogP contribution in [0.1, 0.15) is 25.7 Å². The maximum atomic E-state index is 2.66. The Morgan fingerprint density at radius 2 is 1.00 bits per heavy atom. The van der Waals surface area contributed by atoms with Crippen molar-refractivity contribution in [1.29, 1.82) is 0 Å². The minimum absolute atomic E-state index is 1.09. The normalized spacial score (nSPS) is 28.9. The van der Waals surface area contributed by atoms with Crippen molar-refractivity contribution in [3.8, 4) is 0 Å². The standard InChI is InChI=1S/C14H26B2P2/c15-17(9-3-4-10-17)13-7-1-2-8-14(13)18(16)11-5-6-12-18/h1-2,7-8,17-18H,3-6,9-12,15-16H2. The van der Waals surface area contributed by atoms with Crippen molar-refractivity contribution >= 4 is 40.0 Å². The Kier molecular flexibility index (Phi) is 3.63. The van der Waals surface area contributed by atoms with Crippen LogP contribution in [0.3, 0.4) is 0 Å². The first kappa shape index (κ1) is 13.2. The molecule has 0 unspecified atom stereocenters. The van der Waals surface area contributed by atoms with E-state index in [4.69, 9.17) is 0 Å². The molecule has 18 heavy (non-hydrogen) atoms. The van der Waals surface area contributed by atoms with Gasteiger partial charge in [0.2, 0.25) is 0 Å². The van der Waals surface area contributed by atoms with E-state index >= 15 is 0 Å². The third kappa shape index (κ3) is 2.21. The second-order valence-electron chi connectivity index (χ2n) is 7.08. The van der Waals surface area contributed by atoms with Gasteiger partial charge in [0.05, 0.1) is 0 Å². The van der Waals surface area contributed by atoms with E-state index in [9.17, 15) is 0 Å². The summed E-state index contributed by atoms with van der Waals surface area (Å²) >= 11 is 0. The van der Waals surface area contributed by atoms with E-state index < -0.39 is 14.3 Å². The van der Waals surface area contributed by atoms with Crippen LogP contribution in [0, 0.1) is 0 Å². The van der Waals surface area contributed by atoms with Crippen molar-refractivity contribution in [1.82, 2.24) is 0 Å². The Balaban J connectivity index is 2.05. The predicted molar refractivity (Wildman–Crippen MR) is 97.4 cm³/mol. The molecule has 2 heterocycles. The van der Waals surface area contributed by atoms with Crippen molar-refractivity contribution in [3.05, 3.63) is 24.3 Å². The molecule has 2 aliphatic rings. The van der Waals surface area contributed by atoms with Gasteiger partial charge in [-0.1, -0.05) is 0 Å². The van der Waals surface area contributed by atoms with Crippen molar-refractivity contribution in [2.24, 2.45) is 0 Å². The fourth-order valence-electron chi connectivity index (χ4n) is 4.39. The number of benzene rings is 1. The maximum absolute atomic E-state index is 2.66. The van der Waals surface area contributed by atoms with Gasteiger partial charge in [0.15, 0.2) is 0 Å². The van der Waals surface area contributed by atoms with Crippen molar-refractivity contribution in [2.75, 3.05) is 24.6 Å². The van der Waals surface area contributed by atoms with Gasteiger partial charge in [0, 0.05) is 0 Å². The zero-order valence-electron chi connectivity index (χ0n) is 12.0. The van der Waals surface area contributed by atoms with E-state index in [2.05, 4.69) is 39.4 Å². The first-order valence-electron chi connectivity index (χ1n) is 7.74. The van der Waals surface area contributed by atoms with E-state index in [-0.39, 0.29) is 0 Å². The molecule has 2 aliphatic heterocycles. The summed E-state index contributed by atoms with van der Waals surface area (Å²) in [5.74, 6) is 0. The van der Waals surface area contributed by atoms with Gasteiger partial charge in [-0.15, -0.1) is 0 Å². The monoisotopic (exact) mass is 278 g/mol. The Morgan fingerprint density at radius 3 is 1.33 bits per heavy atom. The van der Waals surface area contributed by atoms with Crippen LogP contribution in [-0.4, -0.2) is 39.8 Å². The number of hydrogen-bond donors (Lipinski definition) is 0. The molecule has 2 saturated heterocycles. The Bertz CT molecular complexity index is 394. The predicted octanol–water partition coefficient (Wildman–Crippen LogP) is 1.12. The summed E-state index contributed by atoms with van der Waals surface area (Å²) in [5.41, 5.74) is 0. The molecule has 0 aliphatic carbocycles. The van der Waals surface area contributed by atoms with E-state index in [1.165, 1.54) is 25.7 Å². The van der Waals surface area contributed by atoms with E-state index in [1.807, 2.05) is 10.6 Å². The van der Waals surface area contributed by atoms with E-state index in [1.54, 1.807) is 24.6 Å². The average Bonchev–Trinajstić information content (AvgIpc) is 3.00. The third-order valence-corrected chi connectivity index (χ3v) is 15.2. The molecule has 0 saturated carbocycles. The summed E-state index contributed by atoms with van der Waals surface area (Å²) in [6, 6.07) is 9.65. The molecule has 98 valence electrons. The summed E-state index contributed by atoms with van der Waals surface area (Å²) in [6.07, 6.45) is 12.2. The molecule has 0 spiro atoms. The fourth-order valence-corrected chi connectivity index (χ4v) is 14.4. The Morgan fingerprint density at radius 1 is 0.667 bits per heavy atom. The second-order valence-corrected chi connectivity index (χ2v) is 16.4. The zero-order valence-corrected chi connectivity index (χ0v) is 14.0. The van der Waals surface area contributed by atoms with Crippen LogP contribution in [0.25, 0.3) is 0 Å². The van der Waals surface area contributed by atoms with Crippen LogP contribution < -0.4 is 10.6 Å². The first-order chi connectivity index (χ1) is 8.64. The van der Waals surface area contributed by atoms with Crippen LogP contribution in [0.2, 0.25) is 0 Å². The Hall–Kier alpha value is 0.210. The van der Waals surface area contributed by atoms with Gasteiger partial charge < -0.3 is 0 Å². The van der Waals surface area contributed by atoms with Crippen LogP contribution >= 0.6 is 14.3 Å². The van der Waals surface area contributed by atoms with Crippen LogP contribution in [0.4, 0.5) is 0 Å². The third-order valence-electron chi connectivity index (χ3n) is 5.64. The number of rotatable bonds is 2. The molecule has 0 N–H and O–H groups in total. The quantitative estimate of drug-likeness (QED) is 0.562. The zero-order chi connectivity index (χ0) is 12.6.